The third-order valence-electron chi connectivity index (χ3n) is 2.32. The van der Waals surface area contributed by atoms with Gasteiger partial charge in [-0.3, -0.25) is 0 Å². The molecule has 1 aromatic heterocycles. The Kier molecular flexibility index (Phi) is 4.90. The molecule has 5 heteroatoms. The van der Waals surface area contributed by atoms with Crippen LogP contribution in [0.5, 0.6) is 5.75 Å². The van der Waals surface area contributed by atoms with Crippen molar-refractivity contribution >= 4 is 28.2 Å². The number of ether oxygens (including phenoxy) is 1. The van der Waals surface area contributed by atoms with Crippen LogP contribution >= 0.6 is 23.1 Å². The third kappa shape index (κ3) is 3.65. The fraction of sp³-hybridized carbons (Fsp3) is 0.308. The molecule has 0 radical (unpaired) electrons. The van der Waals surface area contributed by atoms with Gasteiger partial charge in [-0.05, 0) is 31.2 Å². The summed E-state index contributed by atoms with van der Waals surface area (Å²) in [6.07, 6.45) is 1.94. The molecule has 0 amide bonds. The van der Waals surface area contributed by atoms with E-state index in [1.807, 2.05) is 30.1 Å². The average Bonchev–Trinajstić information content (AvgIpc) is 2.85. The highest BCUT2D eigenvalue weighted by molar-refractivity contribution is 7.98. The molecule has 2 rings (SSSR count). The number of thioether (sulfide) groups is 1. The Morgan fingerprint density at radius 2 is 2.11 bits per heavy atom. The number of anilines is 1. The Labute approximate surface area is 116 Å². The number of hydrogen-bond acceptors (Lipinski definition) is 5. The normalized spacial score (nSPS) is 10.3. The standard InChI is InChI=1S/C13H16N2OS2/c1-3-14-13-15-8-12(18-13)9-17-11-6-4-10(16-2)5-7-11/h4-8H,3,9H2,1-2H3,(H,14,15). The maximum Gasteiger partial charge on any atom is 0.182 e. The van der Waals surface area contributed by atoms with E-state index in [0.717, 1.165) is 23.2 Å². The Morgan fingerprint density at radius 3 is 2.78 bits per heavy atom. The lowest BCUT2D eigenvalue weighted by molar-refractivity contribution is 0.414. The smallest absolute Gasteiger partial charge is 0.182 e. The van der Waals surface area contributed by atoms with Crippen molar-refractivity contribution in [3.63, 3.8) is 0 Å². The van der Waals surface area contributed by atoms with Gasteiger partial charge in [0.15, 0.2) is 5.13 Å². The lowest BCUT2D eigenvalue weighted by Gasteiger charge is -2.02. The van der Waals surface area contributed by atoms with Crippen LogP contribution in [0.1, 0.15) is 11.8 Å². The summed E-state index contributed by atoms with van der Waals surface area (Å²) in [5, 5.41) is 4.23. The van der Waals surface area contributed by atoms with Gasteiger partial charge in [-0.2, -0.15) is 0 Å². The van der Waals surface area contributed by atoms with Crippen LogP contribution in [0.25, 0.3) is 0 Å². The zero-order valence-corrected chi connectivity index (χ0v) is 12.1. The summed E-state index contributed by atoms with van der Waals surface area (Å²) in [6.45, 7) is 2.99. The minimum Gasteiger partial charge on any atom is -0.497 e. The van der Waals surface area contributed by atoms with Crippen LogP contribution in [0.4, 0.5) is 5.13 Å². The summed E-state index contributed by atoms with van der Waals surface area (Å²) >= 11 is 3.53. The van der Waals surface area contributed by atoms with Crippen LogP contribution in [-0.4, -0.2) is 18.6 Å². The van der Waals surface area contributed by atoms with Crippen LogP contribution in [0.3, 0.4) is 0 Å². The van der Waals surface area contributed by atoms with E-state index >= 15 is 0 Å². The summed E-state index contributed by atoms with van der Waals surface area (Å²) in [4.78, 5) is 6.85. The van der Waals surface area contributed by atoms with E-state index in [0.29, 0.717) is 0 Å². The van der Waals surface area contributed by atoms with Gasteiger partial charge in [0.2, 0.25) is 0 Å². The maximum absolute atomic E-state index is 5.14. The van der Waals surface area contributed by atoms with Gasteiger partial charge in [0, 0.05) is 28.3 Å². The largest absolute Gasteiger partial charge is 0.497 e. The van der Waals surface area contributed by atoms with Crippen molar-refractivity contribution in [1.82, 2.24) is 4.98 Å². The molecular weight excluding hydrogens is 264 g/mol. The second-order valence-electron chi connectivity index (χ2n) is 3.63. The first-order valence-electron chi connectivity index (χ1n) is 5.77. The van der Waals surface area contributed by atoms with Crippen molar-refractivity contribution in [3.05, 3.63) is 35.3 Å². The van der Waals surface area contributed by atoms with Crippen LogP contribution in [0.2, 0.25) is 0 Å². The lowest BCUT2D eigenvalue weighted by Crippen LogP contribution is -1.94. The summed E-state index contributed by atoms with van der Waals surface area (Å²) in [6, 6.07) is 8.13. The van der Waals surface area contributed by atoms with Crippen molar-refractivity contribution in [1.29, 1.82) is 0 Å². The Morgan fingerprint density at radius 1 is 1.33 bits per heavy atom. The van der Waals surface area contributed by atoms with Crippen LogP contribution in [-0.2, 0) is 5.75 Å². The molecule has 96 valence electrons. The summed E-state index contributed by atoms with van der Waals surface area (Å²) < 4.78 is 5.14. The topological polar surface area (TPSA) is 34.2 Å². The number of aromatic nitrogens is 1. The van der Waals surface area contributed by atoms with E-state index in [9.17, 15) is 0 Å². The molecule has 1 aromatic carbocycles. The average molecular weight is 280 g/mol. The SMILES string of the molecule is CCNc1ncc(CSc2ccc(OC)cc2)s1. The molecule has 0 aliphatic carbocycles. The van der Waals surface area contributed by atoms with Crippen molar-refractivity contribution in [2.24, 2.45) is 0 Å². The molecule has 0 unspecified atom stereocenters. The zero-order chi connectivity index (χ0) is 12.8. The Hall–Kier alpha value is -1.20. The molecule has 2 aromatic rings. The quantitative estimate of drug-likeness (QED) is 0.814. The number of benzene rings is 1. The summed E-state index contributed by atoms with van der Waals surface area (Å²) in [7, 11) is 1.68. The highest BCUT2D eigenvalue weighted by Gasteiger charge is 2.02. The fourth-order valence-corrected chi connectivity index (χ4v) is 3.23. The fourth-order valence-electron chi connectivity index (χ4n) is 1.43. The van der Waals surface area contributed by atoms with Gasteiger partial charge < -0.3 is 10.1 Å². The molecule has 0 fully saturated rings. The maximum atomic E-state index is 5.14. The molecule has 1 N–H and O–H groups in total. The van der Waals surface area contributed by atoms with Gasteiger partial charge in [0.1, 0.15) is 5.75 Å². The van der Waals surface area contributed by atoms with Crippen molar-refractivity contribution in [2.75, 3.05) is 19.0 Å². The number of nitrogens with one attached hydrogen (secondary N) is 1. The number of thiazole rings is 1. The molecule has 18 heavy (non-hydrogen) atoms. The van der Waals surface area contributed by atoms with Crippen molar-refractivity contribution in [3.8, 4) is 5.75 Å². The number of rotatable bonds is 6. The molecular formula is C13H16N2OS2. The number of methoxy groups -OCH3 is 1. The molecule has 0 saturated heterocycles. The lowest BCUT2D eigenvalue weighted by atomic mass is 10.3. The van der Waals surface area contributed by atoms with Gasteiger partial charge in [-0.15, -0.1) is 23.1 Å². The minimum absolute atomic E-state index is 0.895. The van der Waals surface area contributed by atoms with Gasteiger partial charge in [0.25, 0.3) is 0 Å². The summed E-state index contributed by atoms with van der Waals surface area (Å²) in [5.41, 5.74) is 0. The first-order valence-corrected chi connectivity index (χ1v) is 7.57. The van der Waals surface area contributed by atoms with Gasteiger partial charge in [0.05, 0.1) is 7.11 Å². The monoisotopic (exact) mass is 280 g/mol. The highest BCUT2D eigenvalue weighted by atomic mass is 32.2. The van der Waals surface area contributed by atoms with Crippen LogP contribution in [0.15, 0.2) is 35.4 Å². The van der Waals surface area contributed by atoms with E-state index < -0.39 is 0 Å². The zero-order valence-electron chi connectivity index (χ0n) is 10.5. The molecule has 3 nitrogen and oxygen atoms in total. The Balaban J connectivity index is 1.89. The van der Waals surface area contributed by atoms with E-state index in [4.69, 9.17) is 4.74 Å². The first-order chi connectivity index (χ1) is 8.81. The minimum atomic E-state index is 0.895. The first kappa shape index (κ1) is 13.2. The van der Waals surface area contributed by atoms with Crippen molar-refractivity contribution < 1.29 is 4.74 Å². The van der Waals surface area contributed by atoms with Gasteiger partial charge in [-0.1, -0.05) is 0 Å². The Bertz CT molecular complexity index is 482. The third-order valence-corrected chi connectivity index (χ3v) is 4.52. The van der Waals surface area contributed by atoms with Crippen LogP contribution < -0.4 is 10.1 Å². The second kappa shape index (κ2) is 6.66. The predicted molar refractivity (Wildman–Crippen MR) is 78.8 cm³/mol. The number of hydrogen-bond donors (Lipinski definition) is 1. The molecule has 1 heterocycles. The molecule has 0 saturated carbocycles. The van der Waals surface area contributed by atoms with E-state index in [2.05, 4.69) is 29.4 Å². The molecule has 0 aliphatic rings. The predicted octanol–water partition coefficient (Wildman–Crippen LogP) is 3.88. The summed E-state index contributed by atoms with van der Waals surface area (Å²) in [5.74, 6) is 1.85. The van der Waals surface area contributed by atoms with Crippen LogP contribution in [0, 0.1) is 0 Å². The molecule has 0 atom stereocenters. The van der Waals surface area contributed by atoms with E-state index in [1.54, 1.807) is 18.4 Å². The molecule has 0 aliphatic heterocycles. The van der Waals surface area contributed by atoms with E-state index in [-0.39, 0.29) is 0 Å². The second-order valence-corrected chi connectivity index (χ2v) is 5.79. The van der Waals surface area contributed by atoms with Gasteiger partial charge in [-0.25, -0.2) is 4.98 Å². The molecule has 0 spiro atoms. The molecule has 0 bridgehead atoms. The number of nitrogens with zero attached hydrogens (tertiary/aromatic N) is 1. The highest BCUT2D eigenvalue weighted by Crippen LogP contribution is 2.28. The van der Waals surface area contributed by atoms with E-state index in [1.165, 1.54) is 9.77 Å². The van der Waals surface area contributed by atoms with Gasteiger partial charge >= 0.3 is 0 Å². The van der Waals surface area contributed by atoms with Crippen molar-refractivity contribution in [2.45, 2.75) is 17.6 Å².